The normalized spacial score (nSPS) is 15.0. The van der Waals surface area contributed by atoms with Gasteiger partial charge in [-0.3, -0.25) is 9.36 Å². The number of nitrogens with zero attached hydrogens (tertiary/aromatic N) is 5. The van der Waals surface area contributed by atoms with Gasteiger partial charge in [0.2, 0.25) is 11.9 Å². The highest BCUT2D eigenvalue weighted by Crippen LogP contribution is 2.28. The van der Waals surface area contributed by atoms with Crippen LogP contribution in [-0.4, -0.2) is 57.2 Å². The Kier molecular flexibility index (Phi) is 7.06. The van der Waals surface area contributed by atoms with E-state index in [0.29, 0.717) is 35.8 Å². The quantitative estimate of drug-likeness (QED) is 0.543. The molecule has 1 atom stereocenters. The van der Waals surface area contributed by atoms with Gasteiger partial charge < -0.3 is 15.0 Å². The second-order valence-corrected chi connectivity index (χ2v) is 8.81. The van der Waals surface area contributed by atoms with Crippen LogP contribution in [0.2, 0.25) is 5.02 Å². The highest BCUT2D eigenvalue weighted by atomic mass is 35.5. The van der Waals surface area contributed by atoms with Gasteiger partial charge in [0.15, 0.2) is 5.16 Å². The number of benzene rings is 1. The summed E-state index contributed by atoms with van der Waals surface area (Å²) in [6, 6.07) is 13.5. The molecule has 8 nitrogen and oxygen atoms in total. The van der Waals surface area contributed by atoms with Crippen molar-refractivity contribution in [3.8, 4) is 0 Å². The lowest BCUT2D eigenvalue weighted by Crippen LogP contribution is -2.38. The number of anilines is 2. The Labute approximate surface area is 190 Å². The summed E-state index contributed by atoms with van der Waals surface area (Å²) in [5.41, 5.74) is 1.14. The van der Waals surface area contributed by atoms with Crippen molar-refractivity contribution in [1.82, 2.24) is 19.7 Å². The molecule has 31 heavy (non-hydrogen) atoms. The minimum atomic E-state index is -0.395. The van der Waals surface area contributed by atoms with Gasteiger partial charge in [-0.1, -0.05) is 53.7 Å². The number of rotatable bonds is 7. The summed E-state index contributed by atoms with van der Waals surface area (Å²) in [6.45, 7) is 5.30. The average Bonchev–Trinajstić information content (AvgIpc) is 3.18. The van der Waals surface area contributed by atoms with Gasteiger partial charge >= 0.3 is 0 Å². The number of carbonyl (C=O) groups excluding carboxylic acids is 1. The third-order valence-electron chi connectivity index (χ3n) is 4.80. The van der Waals surface area contributed by atoms with Gasteiger partial charge in [0.05, 0.1) is 30.0 Å². The molecule has 0 bridgehead atoms. The molecule has 1 aliphatic rings. The number of nitrogens with one attached hydrogen (secondary N) is 1. The average molecular weight is 459 g/mol. The van der Waals surface area contributed by atoms with E-state index in [-0.39, 0.29) is 5.91 Å². The van der Waals surface area contributed by atoms with Gasteiger partial charge in [-0.15, -0.1) is 10.2 Å². The number of ether oxygens (including phenoxy) is 1. The lowest BCUT2D eigenvalue weighted by atomic mass is 10.2. The first-order valence-electron chi connectivity index (χ1n) is 9.99. The van der Waals surface area contributed by atoms with E-state index >= 15 is 0 Å². The molecular formula is C21H23ClN6O2S. The molecule has 3 heterocycles. The molecule has 2 aromatic heterocycles. The zero-order valence-electron chi connectivity index (χ0n) is 17.1. The maximum absolute atomic E-state index is 12.7. The summed E-state index contributed by atoms with van der Waals surface area (Å²) in [5, 5.41) is 12.5. The molecular weight excluding hydrogens is 436 g/mol. The Morgan fingerprint density at radius 1 is 1.19 bits per heavy atom. The van der Waals surface area contributed by atoms with Crippen molar-refractivity contribution in [1.29, 1.82) is 0 Å². The van der Waals surface area contributed by atoms with E-state index in [9.17, 15) is 4.79 Å². The Hall–Kier alpha value is -2.62. The predicted molar refractivity (Wildman–Crippen MR) is 122 cm³/mol. The fraction of sp³-hybridized carbons (Fsp3) is 0.333. The maximum Gasteiger partial charge on any atom is 0.238 e. The molecule has 1 aromatic carbocycles. The maximum atomic E-state index is 12.7. The van der Waals surface area contributed by atoms with E-state index < -0.39 is 5.25 Å². The van der Waals surface area contributed by atoms with Crippen LogP contribution in [0.4, 0.5) is 11.8 Å². The summed E-state index contributed by atoms with van der Waals surface area (Å²) in [6.07, 6.45) is 1.50. The van der Waals surface area contributed by atoms with Crippen molar-refractivity contribution in [2.75, 3.05) is 36.5 Å². The van der Waals surface area contributed by atoms with Gasteiger partial charge in [-0.05, 0) is 24.6 Å². The number of pyridine rings is 1. The number of hydrogen-bond donors (Lipinski definition) is 1. The number of amides is 1. The highest BCUT2D eigenvalue weighted by Gasteiger charge is 2.24. The van der Waals surface area contributed by atoms with Crippen molar-refractivity contribution < 1.29 is 9.53 Å². The van der Waals surface area contributed by atoms with E-state index in [4.69, 9.17) is 16.3 Å². The van der Waals surface area contributed by atoms with Crippen LogP contribution < -0.4 is 10.2 Å². The second-order valence-electron chi connectivity index (χ2n) is 7.06. The number of thioether (sulfide) groups is 1. The van der Waals surface area contributed by atoms with Gasteiger partial charge in [0, 0.05) is 19.3 Å². The smallest absolute Gasteiger partial charge is 0.238 e. The number of carbonyl (C=O) groups is 1. The molecule has 1 N–H and O–H groups in total. The largest absolute Gasteiger partial charge is 0.378 e. The zero-order valence-corrected chi connectivity index (χ0v) is 18.6. The number of hydrogen-bond acceptors (Lipinski definition) is 7. The summed E-state index contributed by atoms with van der Waals surface area (Å²) >= 11 is 7.23. The monoisotopic (exact) mass is 458 g/mol. The molecule has 1 amide bonds. The molecule has 4 rings (SSSR count). The molecule has 3 aromatic rings. The molecule has 0 aliphatic carbocycles. The van der Waals surface area contributed by atoms with Crippen LogP contribution >= 0.6 is 23.4 Å². The van der Waals surface area contributed by atoms with Crippen LogP contribution in [0.3, 0.4) is 0 Å². The molecule has 1 aliphatic heterocycles. The summed E-state index contributed by atoms with van der Waals surface area (Å²) in [7, 11) is 0. The van der Waals surface area contributed by atoms with E-state index in [1.54, 1.807) is 12.1 Å². The fourth-order valence-corrected chi connectivity index (χ4v) is 4.11. The second kappa shape index (κ2) is 10.1. The first-order valence-corrected chi connectivity index (χ1v) is 11.2. The summed E-state index contributed by atoms with van der Waals surface area (Å²) in [4.78, 5) is 19.0. The molecule has 162 valence electrons. The van der Waals surface area contributed by atoms with Crippen molar-refractivity contribution in [2.24, 2.45) is 0 Å². The van der Waals surface area contributed by atoms with Gasteiger partial charge in [-0.25, -0.2) is 4.98 Å². The topological polar surface area (TPSA) is 85.2 Å². The zero-order chi connectivity index (χ0) is 21.6. The SMILES string of the molecule is CC(Sc1nnc(N2CCOCC2)n1Cc1ccccc1)C(=O)Nc1ccc(Cl)cn1. The van der Waals surface area contributed by atoms with E-state index in [1.807, 2.05) is 25.1 Å². The van der Waals surface area contributed by atoms with Crippen molar-refractivity contribution in [3.05, 3.63) is 59.2 Å². The van der Waals surface area contributed by atoms with Crippen LogP contribution in [0.25, 0.3) is 0 Å². The molecule has 0 saturated carbocycles. The minimum Gasteiger partial charge on any atom is -0.378 e. The predicted octanol–water partition coefficient (Wildman–Crippen LogP) is 3.33. The highest BCUT2D eigenvalue weighted by molar-refractivity contribution is 8.00. The van der Waals surface area contributed by atoms with Crippen molar-refractivity contribution in [3.63, 3.8) is 0 Å². The van der Waals surface area contributed by atoms with Crippen LogP contribution in [0.1, 0.15) is 12.5 Å². The van der Waals surface area contributed by atoms with Gasteiger partial charge in [-0.2, -0.15) is 0 Å². The molecule has 0 radical (unpaired) electrons. The first-order chi connectivity index (χ1) is 15.1. The lowest BCUT2D eigenvalue weighted by Gasteiger charge is -2.28. The lowest BCUT2D eigenvalue weighted by molar-refractivity contribution is -0.115. The van der Waals surface area contributed by atoms with Crippen LogP contribution in [0.5, 0.6) is 0 Å². The molecule has 10 heteroatoms. The molecule has 0 spiro atoms. The Bertz CT molecular complexity index is 1010. The molecule has 1 unspecified atom stereocenters. The van der Waals surface area contributed by atoms with Crippen LogP contribution in [0.15, 0.2) is 53.8 Å². The third-order valence-corrected chi connectivity index (χ3v) is 6.11. The van der Waals surface area contributed by atoms with Crippen LogP contribution in [-0.2, 0) is 16.1 Å². The van der Waals surface area contributed by atoms with E-state index in [2.05, 4.69) is 42.1 Å². The summed E-state index contributed by atoms with van der Waals surface area (Å²) < 4.78 is 7.54. The first kappa shape index (κ1) is 21.6. The van der Waals surface area contributed by atoms with Gasteiger partial charge in [0.25, 0.3) is 0 Å². The molecule has 1 saturated heterocycles. The van der Waals surface area contributed by atoms with E-state index in [1.165, 1.54) is 18.0 Å². The van der Waals surface area contributed by atoms with Crippen molar-refractivity contribution >= 4 is 41.0 Å². The standard InChI is InChI=1S/C21H23ClN6O2S/c1-15(19(29)24-18-8-7-17(22)13-23-18)31-21-26-25-20(27-9-11-30-12-10-27)28(21)14-16-5-3-2-4-6-16/h2-8,13,15H,9-12,14H2,1H3,(H,23,24,29). The van der Waals surface area contributed by atoms with Crippen LogP contribution in [0, 0.1) is 0 Å². The number of morpholine rings is 1. The van der Waals surface area contributed by atoms with Crippen molar-refractivity contribution in [2.45, 2.75) is 23.9 Å². The third kappa shape index (κ3) is 5.55. The molecule has 1 fully saturated rings. The van der Waals surface area contributed by atoms with Gasteiger partial charge in [0.1, 0.15) is 5.82 Å². The minimum absolute atomic E-state index is 0.165. The number of aromatic nitrogens is 4. The Morgan fingerprint density at radius 3 is 2.68 bits per heavy atom. The summed E-state index contributed by atoms with van der Waals surface area (Å²) in [5.74, 6) is 1.09. The fourth-order valence-electron chi connectivity index (χ4n) is 3.16. The Morgan fingerprint density at radius 2 is 1.97 bits per heavy atom. The number of halogens is 1. The van der Waals surface area contributed by atoms with E-state index in [0.717, 1.165) is 24.6 Å². The Balaban J connectivity index is 1.52.